The van der Waals surface area contributed by atoms with E-state index in [1.165, 1.54) is 36.2 Å². The maximum atomic E-state index is 4.44. The van der Waals surface area contributed by atoms with Crippen LogP contribution in [0, 0.1) is 13.8 Å². The number of likely N-dealkylation sites (tertiary alicyclic amines) is 1. The minimum Gasteiger partial charge on any atom is -0.293 e. The normalized spacial score (nSPS) is 20.4. The van der Waals surface area contributed by atoms with Gasteiger partial charge in [0.05, 0.1) is 17.7 Å². The number of aryl methyl sites for hydroxylation is 2. The zero-order valence-corrected chi connectivity index (χ0v) is 13.1. The molecule has 0 N–H and O–H groups in total. The van der Waals surface area contributed by atoms with Gasteiger partial charge in [-0.25, -0.2) is 4.98 Å². The zero-order chi connectivity index (χ0) is 13.9. The number of thiazole rings is 1. The Kier molecular flexibility index (Phi) is 4.17. The van der Waals surface area contributed by atoms with Crippen molar-refractivity contribution in [1.82, 2.24) is 19.7 Å². The van der Waals surface area contributed by atoms with Crippen molar-refractivity contribution < 1.29 is 0 Å². The van der Waals surface area contributed by atoms with Crippen molar-refractivity contribution in [3.05, 3.63) is 34.0 Å². The van der Waals surface area contributed by atoms with E-state index < -0.39 is 0 Å². The second-order valence-electron chi connectivity index (χ2n) is 5.71. The number of piperidine rings is 1. The molecule has 4 nitrogen and oxygen atoms in total. The molecule has 0 spiro atoms. The van der Waals surface area contributed by atoms with Gasteiger partial charge in [-0.15, -0.1) is 11.3 Å². The fourth-order valence-electron chi connectivity index (χ4n) is 2.94. The Morgan fingerprint density at radius 1 is 1.30 bits per heavy atom. The first kappa shape index (κ1) is 13.8. The Bertz CT molecular complexity index is 509. The van der Waals surface area contributed by atoms with Crippen LogP contribution in [0.25, 0.3) is 0 Å². The van der Waals surface area contributed by atoms with Crippen LogP contribution < -0.4 is 0 Å². The van der Waals surface area contributed by atoms with E-state index in [0.717, 1.165) is 18.1 Å². The van der Waals surface area contributed by atoms with Gasteiger partial charge in [0.2, 0.25) is 0 Å². The van der Waals surface area contributed by atoms with Gasteiger partial charge in [-0.1, -0.05) is 6.42 Å². The summed E-state index contributed by atoms with van der Waals surface area (Å²) in [6, 6.07) is 0.602. The van der Waals surface area contributed by atoms with Gasteiger partial charge in [0, 0.05) is 29.9 Å². The van der Waals surface area contributed by atoms with Gasteiger partial charge < -0.3 is 0 Å². The molecule has 0 unspecified atom stereocenters. The highest BCUT2D eigenvalue weighted by atomic mass is 32.1. The molecule has 1 aliphatic rings. The van der Waals surface area contributed by atoms with E-state index in [-0.39, 0.29) is 0 Å². The molecule has 0 saturated carbocycles. The molecule has 1 atom stereocenters. The Morgan fingerprint density at radius 2 is 2.20 bits per heavy atom. The van der Waals surface area contributed by atoms with Crippen molar-refractivity contribution in [2.45, 2.75) is 52.2 Å². The summed E-state index contributed by atoms with van der Waals surface area (Å²) in [6.07, 6.45) is 10.0. The van der Waals surface area contributed by atoms with Gasteiger partial charge in [0.1, 0.15) is 0 Å². The van der Waals surface area contributed by atoms with Crippen LogP contribution >= 0.6 is 11.3 Å². The number of hydrogen-bond acceptors (Lipinski definition) is 4. The summed E-state index contributed by atoms with van der Waals surface area (Å²) in [7, 11) is 0. The lowest BCUT2D eigenvalue weighted by molar-refractivity contribution is 0.123. The average Bonchev–Trinajstić information content (AvgIpc) is 3.01. The molecule has 1 saturated heterocycles. The molecular formula is C15H22N4S. The lowest BCUT2D eigenvalue weighted by Gasteiger charge is -2.35. The second-order valence-corrected chi connectivity index (χ2v) is 7.02. The van der Waals surface area contributed by atoms with Crippen LogP contribution in [-0.4, -0.2) is 32.3 Å². The number of rotatable bonds is 4. The lowest BCUT2D eigenvalue weighted by Crippen LogP contribution is -2.41. The van der Waals surface area contributed by atoms with Crippen molar-refractivity contribution >= 4 is 11.3 Å². The Morgan fingerprint density at radius 3 is 2.90 bits per heavy atom. The molecule has 20 heavy (non-hydrogen) atoms. The van der Waals surface area contributed by atoms with Gasteiger partial charge in [0.15, 0.2) is 0 Å². The standard InChI is InChI=1S/C15H22N4S/c1-12-7-17-19(9-12)10-14-5-3-4-6-18(14)11-15-8-16-13(2)20-15/h7-9,14H,3-6,10-11H2,1-2H3/t14-/m0/s1. The molecule has 0 amide bonds. The van der Waals surface area contributed by atoms with Crippen LogP contribution in [0.1, 0.15) is 34.7 Å². The zero-order valence-electron chi connectivity index (χ0n) is 12.2. The highest BCUT2D eigenvalue weighted by molar-refractivity contribution is 7.11. The van der Waals surface area contributed by atoms with Crippen LogP contribution in [0.5, 0.6) is 0 Å². The third-order valence-corrected chi connectivity index (χ3v) is 4.83. The number of nitrogens with zero attached hydrogens (tertiary/aromatic N) is 4. The lowest BCUT2D eigenvalue weighted by atomic mass is 10.0. The predicted molar refractivity (Wildman–Crippen MR) is 81.9 cm³/mol. The van der Waals surface area contributed by atoms with Crippen molar-refractivity contribution in [3.8, 4) is 0 Å². The van der Waals surface area contributed by atoms with Gasteiger partial charge in [-0.2, -0.15) is 5.10 Å². The molecule has 5 heteroatoms. The smallest absolute Gasteiger partial charge is 0.0897 e. The fourth-order valence-corrected chi connectivity index (χ4v) is 3.76. The van der Waals surface area contributed by atoms with Crippen molar-refractivity contribution in [3.63, 3.8) is 0 Å². The highest BCUT2D eigenvalue weighted by Crippen LogP contribution is 2.23. The molecular weight excluding hydrogens is 268 g/mol. The Balaban J connectivity index is 1.67. The first-order valence-electron chi connectivity index (χ1n) is 7.35. The van der Waals surface area contributed by atoms with Crippen LogP contribution in [0.2, 0.25) is 0 Å². The summed E-state index contributed by atoms with van der Waals surface area (Å²) in [6.45, 7) is 7.42. The van der Waals surface area contributed by atoms with E-state index in [4.69, 9.17) is 0 Å². The molecule has 3 heterocycles. The molecule has 0 bridgehead atoms. The Labute approximate surface area is 124 Å². The van der Waals surface area contributed by atoms with Gasteiger partial charge in [-0.05, 0) is 38.8 Å². The highest BCUT2D eigenvalue weighted by Gasteiger charge is 2.23. The fraction of sp³-hybridized carbons (Fsp3) is 0.600. The molecule has 108 valence electrons. The number of hydrogen-bond donors (Lipinski definition) is 0. The van der Waals surface area contributed by atoms with Gasteiger partial charge in [-0.3, -0.25) is 9.58 Å². The summed E-state index contributed by atoms with van der Waals surface area (Å²) < 4.78 is 2.09. The predicted octanol–water partition coefficient (Wildman–Crippen LogP) is 3.01. The van der Waals surface area contributed by atoms with E-state index in [1.54, 1.807) is 0 Å². The average molecular weight is 290 g/mol. The Hall–Kier alpha value is -1.20. The van der Waals surface area contributed by atoms with Crippen LogP contribution in [-0.2, 0) is 13.1 Å². The molecule has 0 radical (unpaired) electrons. The molecule has 3 rings (SSSR count). The van der Waals surface area contributed by atoms with E-state index in [1.807, 2.05) is 23.7 Å². The minimum atomic E-state index is 0.602. The van der Waals surface area contributed by atoms with E-state index in [0.29, 0.717) is 6.04 Å². The molecule has 1 aliphatic heterocycles. The van der Waals surface area contributed by atoms with E-state index in [9.17, 15) is 0 Å². The molecule has 1 fully saturated rings. The minimum absolute atomic E-state index is 0.602. The SMILES string of the molecule is Cc1cnn(C[C@@H]2CCCCN2Cc2cnc(C)s2)c1. The monoisotopic (exact) mass is 290 g/mol. The van der Waals surface area contributed by atoms with Crippen molar-refractivity contribution in [2.75, 3.05) is 6.54 Å². The van der Waals surface area contributed by atoms with Crippen LogP contribution in [0.4, 0.5) is 0 Å². The largest absolute Gasteiger partial charge is 0.293 e. The van der Waals surface area contributed by atoms with Crippen LogP contribution in [0.15, 0.2) is 18.6 Å². The van der Waals surface area contributed by atoms with Gasteiger partial charge in [0.25, 0.3) is 0 Å². The first-order chi connectivity index (χ1) is 9.70. The quantitative estimate of drug-likeness (QED) is 0.868. The number of aromatic nitrogens is 3. The molecule has 2 aromatic heterocycles. The topological polar surface area (TPSA) is 34.0 Å². The molecule has 0 aromatic carbocycles. The third kappa shape index (κ3) is 3.27. The van der Waals surface area contributed by atoms with Crippen molar-refractivity contribution in [1.29, 1.82) is 0 Å². The van der Waals surface area contributed by atoms with Crippen LogP contribution in [0.3, 0.4) is 0 Å². The maximum absolute atomic E-state index is 4.44. The second kappa shape index (κ2) is 6.06. The van der Waals surface area contributed by atoms with Crippen molar-refractivity contribution in [2.24, 2.45) is 0 Å². The molecule has 2 aromatic rings. The van der Waals surface area contributed by atoms with E-state index in [2.05, 4.69) is 39.7 Å². The summed E-state index contributed by atoms with van der Waals surface area (Å²) >= 11 is 1.82. The first-order valence-corrected chi connectivity index (χ1v) is 8.17. The summed E-state index contributed by atoms with van der Waals surface area (Å²) in [5.74, 6) is 0. The summed E-state index contributed by atoms with van der Waals surface area (Å²) in [5, 5.41) is 5.60. The summed E-state index contributed by atoms with van der Waals surface area (Å²) in [4.78, 5) is 8.35. The summed E-state index contributed by atoms with van der Waals surface area (Å²) in [5.41, 5.74) is 1.24. The molecule has 0 aliphatic carbocycles. The van der Waals surface area contributed by atoms with Gasteiger partial charge >= 0.3 is 0 Å². The third-order valence-electron chi connectivity index (χ3n) is 3.94. The maximum Gasteiger partial charge on any atom is 0.0897 e. The van der Waals surface area contributed by atoms with E-state index >= 15 is 0 Å².